The average molecular weight is 485 g/mol. The maximum absolute atomic E-state index is 13.1. The van der Waals surface area contributed by atoms with Crippen molar-refractivity contribution in [2.75, 3.05) is 6.61 Å². The number of hydrogen-bond acceptors (Lipinski definition) is 5. The molecule has 0 amide bonds. The summed E-state index contributed by atoms with van der Waals surface area (Å²) in [6.07, 6.45) is -10.3. The van der Waals surface area contributed by atoms with Gasteiger partial charge in [0.25, 0.3) is 0 Å². The summed E-state index contributed by atoms with van der Waals surface area (Å²) in [5.74, 6) is -1.54. The quantitative estimate of drug-likeness (QED) is 0.438. The molecule has 0 saturated carbocycles. The van der Waals surface area contributed by atoms with E-state index in [0.29, 0.717) is 6.07 Å². The van der Waals surface area contributed by atoms with E-state index in [2.05, 4.69) is 9.46 Å². The van der Waals surface area contributed by atoms with Crippen molar-refractivity contribution in [2.45, 2.75) is 36.8 Å². The van der Waals surface area contributed by atoms with E-state index in [0.717, 1.165) is 36.4 Å². The Morgan fingerprint density at radius 1 is 1.03 bits per heavy atom. The molecule has 0 unspecified atom stereocenters. The molecule has 32 heavy (non-hydrogen) atoms. The van der Waals surface area contributed by atoms with E-state index in [-0.39, 0.29) is 12.2 Å². The first-order chi connectivity index (χ1) is 14.7. The lowest BCUT2D eigenvalue weighted by molar-refractivity contribution is -0.274. The number of sulfonamides is 1. The number of ether oxygens (including phenoxy) is 2. The number of rotatable bonds is 8. The van der Waals surface area contributed by atoms with Crippen LogP contribution in [0, 0.1) is 0 Å². The summed E-state index contributed by atoms with van der Waals surface area (Å²) in [5.41, 5.74) is -1.22. The van der Waals surface area contributed by atoms with E-state index < -0.39 is 57.2 Å². The van der Waals surface area contributed by atoms with Gasteiger partial charge in [-0.05, 0) is 48.9 Å². The third kappa shape index (κ3) is 7.41. The second-order valence-corrected chi connectivity index (χ2v) is 8.04. The van der Waals surface area contributed by atoms with Crippen LogP contribution in [0.15, 0.2) is 53.4 Å². The number of alkyl halides is 6. The molecule has 0 radical (unpaired) electrons. The standard InChI is InChI=1S/C19H17F6NO5S/c1-2-30-17(27)11-16(12-4-3-5-13(10-12)18(20,21)22)26-32(28,29)15-8-6-14(7-9-15)31-19(23,24)25/h3-10,16,26H,2,11H2,1H3/t16-/m1/s1. The second-order valence-electron chi connectivity index (χ2n) is 6.33. The summed E-state index contributed by atoms with van der Waals surface area (Å²) >= 11 is 0. The first-order valence-electron chi connectivity index (χ1n) is 8.92. The van der Waals surface area contributed by atoms with Crippen LogP contribution in [0.5, 0.6) is 5.75 Å². The molecule has 2 aromatic carbocycles. The minimum absolute atomic E-state index is 0.0401. The molecule has 0 aliphatic heterocycles. The van der Waals surface area contributed by atoms with Crippen molar-refractivity contribution in [3.63, 3.8) is 0 Å². The zero-order chi connectivity index (χ0) is 24.2. The molecule has 0 fully saturated rings. The Balaban J connectivity index is 2.35. The number of carbonyl (C=O) groups is 1. The van der Waals surface area contributed by atoms with Gasteiger partial charge in [0.1, 0.15) is 5.75 Å². The fourth-order valence-corrected chi connectivity index (χ4v) is 3.85. The Morgan fingerprint density at radius 3 is 2.19 bits per heavy atom. The molecule has 2 aromatic rings. The van der Waals surface area contributed by atoms with Crippen molar-refractivity contribution < 1.29 is 49.0 Å². The molecule has 13 heteroatoms. The van der Waals surface area contributed by atoms with E-state index in [9.17, 15) is 39.6 Å². The molecule has 2 rings (SSSR count). The highest BCUT2D eigenvalue weighted by Crippen LogP contribution is 2.32. The molecule has 0 heterocycles. The first-order valence-corrected chi connectivity index (χ1v) is 10.4. The smallest absolute Gasteiger partial charge is 0.466 e. The zero-order valence-corrected chi connectivity index (χ0v) is 17.1. The van der Waals surface area contributed by atoms with Crippen LogP contribution in [0.2, 0.25) is 0 Å². The lowest BCUT2D eigenvalue weighted by atomic mass is 10.0. The fourth-order valence-electron chi connectivity index (χ4n) is 2.62. The van der Waals surface area contributed by atoms with Gasteiger partial charge in [-0.1, -0.05) is 12.1 Å². The van der Waals surface area contributed by atoms with Gasteiger partial charge in [0.2, 0.25) is 10.0 Å². The molecule has 0 spiro atoms. The van der Waals surface area contributed by atoms with Gasteiger partial charge in [-0.3, -0.25) is 4.79 Å². The Labute approximate surface area is 179 Å². The predicted octanol–water partition coefficient (Wildman–Crippen LogP) is 4.58. The SMILES string of the molecule is CCOC(=O)C[C@@H](NS(=O)(=O)c1ccc(OC(F)(F)F)cc1)c1cccc(C(F)(F)F)c1. The largest absolute Gasteiger partial charge is 0.573 e. The van der Waals surface area contributed by atoms with Gasteiger partial charge in [-0.2, -0.15) is 13.2 Å². The van der Waals surface area contributed by atoms with E-state index in [1.54, 1.807) is 0 Å². The number of esters is 1. The number of nitrogens with one attached hydrogen (secondary N) is 1. The molecule has 0 saturated heterocycles. The van der Waals surface area contributed by atoms with Crippen LogP contribution in [0.25, 0.3) is 0 Å². The maximum atomic E-state index is 13.1. The summed E-state index contributed by atoms with van der Waals surface area (Å²) in [7, 11) is -4.45. The van der Waals surface area contributed by atoms with Crippen LogP contribution in [-0.4, -0.2) is 27.4 Å². The van der Waals surface area contributed by atoms with E-state index in [1.165, 1.54) is 13.0 Å². The Hall–Kier alpha value is -2.80. The van der Waals surface area contributed by atoms with Crippen molar-refractivity contribution in [3.05, 3.63) is 59.7 Å². The maximum Gasteiger partial charge on any atom is 0.573 e. The topological polar surface area (TPSA) is 81.7 Å². The second kappa shape index (κ2) is 9.77. The van der Waals surface area contributed by atoms with E-state index >= 15 is 0 Å². The summed E-state index contributed by atoms with van der Waals surface area (Å²) < 4.78 is 112. The van der Waals surface area contributed by atoms with Crippen molar-refractivity contribution in [3.8, 4) is 5.75 Å². The van der Waals surface area contributed by atoms with Crippen LogP contribution in [0.3, 0.4) is 0 Å². The summed E-state index contributed by atoms with van der Waals surface area (Å²) in [5, 5.41) is 0. The zero-order valence-electron chi connectivity index (χ0n) is 16.3. The minimum atomic E-state index is -4.98. The summed E-state index contributed by atoms with van der Waals surface area (Å²) in [6, 6.07) is 5.42. The number of hydrogen-bond donors (Lipinski definition) is 1. The minimum Gasteiger partial charge on any atom is -0.466 e. The lowest BCUT2D eigenvalue weighted by Crippen LogP contribution is -2.31. The highest BCUT2D eigenvalue weighted by molar-refractivity contribution is 7.89. The fraction of sp³-hybridized carbons (Fsp3) is 0.316. The van der Waals surface area contributed by atoms with Crippen LogP contribution in [0.1, 0.15) is 30.5 Å². The van der Waals surface area contributed by atoms with Gasteiger partial charge >= 0.3 is 18.5 Å². The predicted molar refractivity (Wildman–Crippen MR) is 98.9 cm³/mol. The van der Waals surface area contributed by atoms with Crippen molar-refractivity contribution in [1.82, 2.24) is 4.72 Å². The molecule has 176 valence electrons. The van der Waals surface area contributed by atoms with Crippen molar-refractivity contribution in [1.29, 1.82) is 0 Å². The summed E-state index contributed by atoms with van der Waals surface area (Å²) in [4.78, 5) is 11.4. The average Bonchev–Trinajstić information content (AvgIpc) is 2.66. The van der Waals surface area contributed by atoms with Crippen molar-refractivity contribution >= 4 is 16.0 Å². The van der Waals surface area contributed by atoms with E-state index in [4.69, 9.17) is 4.74 Å². The highest BCUT2D eigenvalue weighted by Gasteiger charge is 2.33. The Kier molecular flexibility index (Phi) is 7.78. The third-order valence-corrected chi connectivity index (χ3v) is 5.45. The van der Waals surface area contributed by atoms with Crippen molar-refractivity contribution in [2.24, 2.45) is 0 Å². The molecule has 1 N–H and O–H groups in total. The first kappa shape index (κ1) is 25.5. The molecule has 0 bridgehead atoms. The van der Waals surface area contributed by atoms with Crippen LogP contribution >= 0.6 is 0 Å². The normalized spacial score (nSPS) is 13.5. The molecule has 0 aromatic heterocycles. The number of carbonyl (C=O) groups excluding carboxylic acids is 1. The number of benzene rings is 2. The highest BCUT2D eigenvalue weighted by atomic mass is 32.2. The van der Waals surface area contributed by atoms with Gasteiger partial charge in [-0.25, -0.2) is 13.1 Å². The van der Waals surface area contributed by atoms with Gasteiger partial charge in [0.05, 0.1) is 29.5 Å². The van der Waals surface area contributed by atoms with Gasteiger partial charge in [-0.15, -0.1) is 13.2 Å². The third-order valence-electron chi connectivity index (χ3n) is 3.96. The van der Waals surface area contributed by atoms with E-state index in [1.807, 2.05) is 0 Å². The lowest BCUT2D eigenvalue weighted by Gasteiger charge is -2.20. The molecule has 0 aliphatic carbocycles. The Morgan fingerprint density at radius 2 is 1.66 bits per heavy atom. The molecular formula is C19H17F6NO5S. The van der Waals surface area contributed by atoms with Crippen LogP contribution < -0.4 is 9.46 Å². The van der Waals surface area contributed by atoms with Crippen LogP contribution in [0.4, 0.5) is 26.3 Å². The molecular weight excluding hydrogens is 468 g/mol. The molecule has 0 aliphatic rings. The van der Waals surface area contributed by atoms with Crippen LogP contribution in [-0.2, 0) is 25.7 Å². The van der Waals surface area contributed by atoms with Gasteiger partial charge < -0.3 is 9.47 Å². The number of halogens is 6. The molecule has 6 nitrogen and oxygen atoms in total. The van der Waals surface area contributed by atoms with Gasteiger partial charge in [0, 0.05) is 0 Å². The molecule has 1 atom stereocenters. The Bertz CT molecular complexity index is 1040. The monoisotopic (exact) mass is 485 g/mol. The summed E-state index contributed by atoms with van der Waals surface area (Å²) in [6.45, 7) is 1.45. The van der Waals surface area contributed by atoms with Gasteiger partial charge in [0.15, 0.2) is 0 Å².